The second kappa shape index (κ2) is 7.80. The molecule has 1 saturated carbocycles. The summed E-state index contributed by atoms with van der Waals surface area (Å²) >= 11 is 0. The first kappa shape index (κ1) is 16.3. The van der Waals surface area contributed by atoms with Crippen molar-refractivity contribution in [1.29, 1.82) is 0 Å². The molecule has 0 bridgehead atoms. The van der Waals surface area contributed by atoms with Gasteiger partial charge in [0.2, 0.25) is 0 Å². The molecule has 0 aliphatic heterocycles. The molecule has 2 aromatic carbocycles. The standard InChI is InChI=1S/C20H27NO2/c1-21(18-9-3-2-4-10-18)14-19(22)15-23-20-12-11-16-7-5-6-8-17(16)13-20/h5-8,11-13,18-19,22H,2-4,9-10,14-15H2,1H3/p+1/t19-/m1/s1. The Bertz CT molecular complexity index is 622. The number of quaternary nitrogens is 1. The normalized spacial score (nSPS) is 18.7. The Labute approximate surface area is 138 Å². The highest BCUT2D eigenvalue weighted by molar-refractivity contribution is 5.83. The Kier molecular flexibility index (Phi) is 5.52. The molecule has 0 heterocycles. The van der Waals surface area contributed by atoms with Crippen LogP contribution in [-0.4, -0.2) is 37.5 Å². The lowest BCUT2D eigenvalue weighted by Crippen LogP contribution is -3.14. The van der Waals surface area contributed by atoms with Crippen molar-refractivity contribution in [2.75, 3.05) is 20.2 Å². The largest absolute Gasteiger partial charge is 0.491 e. The highest BCUT2D eigenvalue weighted by Gasteiger charge is 2.23. The fourth-order valence-electron chi connectivity index (χ4n) is 3.64. The molecule has 3 rings (SSSR count). The van der Waals surface area contributed by atoms with Gasteiger partial charge in [0.25, 0.3) is 0 Å². The van der Waals surface area contributed by atoms with Gasteiger partial charge in [-0.1, -0.05) is 36.8 Å². The number of rotatable bonds is 6. The molecule has 23 heavy (non-hydrogen) atoms. The molecule has 0 aromatic heterocycles. The molecule has 1 fully saturated rings. The third-order valence-electron chi connectivity index (χ3n) is 5.02. The van der Waals surface area contributed by atoms with E-state index in [0.717, 1.165) is 12.3 Å². The van der Waals surface area contributed by atoms with Crippen molar-refractivity contribution in [3.63, 3.8) is 0 Å². The van der Waals surface area contributed by atoms with E-state index in [-0.39, 0.29) is 0 Å². The third-order valence-corrected chi connectivity index (χ3v) is 5.02. The van der Waals surface area contributed by atoms with Gasteiger partial charge in [0, 0.05) is 0 Å². The lowest BCUT2D eigenvalue weighted by molar-refractivity contribution is -0.910. The molecular formula is C20H28NO2+. The van der Waals surface area contributed by atoms with Crippen LogP contribution in [0.3, 0.4) is 0 Å². The van der Waals surface area contributed by atoms with Crippen molar-refractivity contribution in [3.05, 3.63) is 42.5 Å². The zero-order chi connectivity index (χ0) is 16.1. The van der Waals surface area contributed by atoms with Crippen LogP contribution in [0, 0.1) is 0 Å². The van der Waals surface area contributed by atoms with Gasteiger partial charge in [-0.3, -0.25) is 0 Å². The molecule has 1 unspecified atom stereocenters. The van der Waals surface area contributed by atoms with Crippen LogP contribution in [0.2, 0.25) is 0 Å². The van der Waals surface area contributed by atoms with E-state index >= 15 is 0 Å². The summed E-state index contributed by atoms with van der Waals surface area (Å²) in [5.41, 5.74) is 0. The number of benzene rings is 2. The van der Waals surface area contributed by atoms with Gasteiger partial charge in [-0.15, -0.1) is 0 Å². The minimum absolute atomic E-state index is 0.363. The monoisotopic (exact) mass is 314 g/mol. The predicted molar refractivity (Wildman–Crippen MR) is 94.1 cm³/mol. The van der Waals surface area contributed by atoms with E-state index in [1.807, 2.05) is 24.3 Å². The molecule has 1 aliphatic carbocycles. The van der Waals surface area contributed by atoms with E-state index in [4.69, 9.17) is 4.74 Å². The van der Waals surface area contributed by atoms with Crippen molar-refractivity contribution >= 4 is 10.8 Å². The summed E-state index contributed by atoms with van der Waals surface area (Å²) in [5.74, 6) is 0.832. The summed E-state index contributed by atoms with van der Waals surface area (Å²) < 4.78 is 5.80. The lowest BCUT2D eigenvalue weighted by Gasteiger charge is -2.29. The zero-order valence-corrected chi connectivity index (χ0v) is 14.0. The molecule has 0 spiro atoms. The van der Waals surface area contributed by atoms with Gasteiger partial charge in [0.15, 0.2) is 0 Å². The zero-order valence-electron chi connectivity index (χ0n) is 14.0. The van der Waals surface area contributed by atoms with Gasteiger partial charge < -0.3 is 14.7 Å². The Morgan fingerprint density at radius 3 is 2.61 bits per heavy atom. The Hall–Kier alpha value is -1.58. The van der Waals surface area contributed by atoms with Crippen molar-refractivity contribution in [2.45, 2.75) is 44.2 Å². The molecule has 2 N–H and O–H groups in total. The van der Waals surface area contributed by atoms with Gasteiger partial charge in [0.05, 0.1) is 13.1 Å². The molecule has 3 heteroatoms. The molecule has 0 radical (unpaired) electrons. The second-order valence-corrected chi connectivity index (χ2v) is 6.86. The number of nitrogens with one attached hydrogen (secondary N) is 1. The first-order chi connectivity index (χ1) is 11.2. The van der Waals surface area contributed by atoms with E-state index in [2.05, 4.69) is 25.2 Å². The number of aliphatic hydroxyl groups excluding tert-OH is 1. The Morgan fingerprint density at radius 1 is 1.09 bits per heavy atom. The molecule has 0 amide bonds. The quantitative estimate of drug-likeness (QED) is 0.859. The van der Waals surface area contributed by atoms with E-state index in [9.17, 15) is 5.11 Å². The van der Waals surface area contributed by atoms with Crippen LogP contribution < -0.4 is 9.64 Å². The predicted octanol–water partition coefficient (Wildman–Crippen LogP) is 2.43. The number of fused-ring (bicyclic) bond motifs is 1. The number of hydrogen-bond donors (Lipinski definition) is 2. The van der Waals surface area contributed by atoms with Crippen molar-refractivity contribution in [2.24, 2.45) is 0 Å². The van der Waals surface area contributed by atoms with Crippen molar-refractivity contribution in [1.82, 2.24) is 0 Å². The fraction of sp³-hybridized carbons (Fsp3) is 0.500. The Morgan fingerprint density at radius 2 is 1.83 bits per heavy atom. The summed E-state index contributed by atoms with van der Waals surface area (Å²) in [4.78, 5) is 1.44. The van der Waals surface area contributed by atoms with E-state index in [1.165, 1.54) is 47.8 Å². The minimum atomic E-state index is -0.414. The van der Waals surface area contributed by atoms with Crippen LogP contribution in [0.1, 0.15) is 32.1 Å². The molecule has 0 saturated heterocycles. The van der Waals surface area contributed by atoms with Gasteiger partial charge in [-0.05, 0) is 48.6 Å². The first-order valence-corrected chi connectivity index (χ1v) is 8.84. The van der Waals surface area contributed by atoms with Gasteiger partial charge in [-0.25, -0.2) is 0 Å². The summed E-state index contributed by atoms with van der Waals surface area (Å²) in [6.07, 6.45) is 6.23. The number of hydrogen-bond acceptors (Lipinski definition) is 2. The van der Waals surface area contributed by atoms with E-state index in [0.29, 0.717) is 12.6 Å². The van der Waals surface area contributed by atoms with Gasteiger partial charge >= 0.3 is 0 Å². The number of ether oxygens (including phenoxy) is 1. The van der Waals surface area contributed by atoms with Gasteiger partial charge in [-0.2, -0.15) is 0 Å². The maximum Gasteiger partial charge on any atom is 0.137 e. The highest BCUT2D eigenvalue weighted by Crippen LogP contribution is 2.20. The molecule has 2 atom stereocenters. The van der Waals surface area contributed by atoms with Crippen LogP contribution in [0.15, 0.2) is 42.5 Å². The first-order valence-electron chi connectivity index (χ1n) is 8.84. The molecule has 124 valence electrons. The average molecular weight is 314 g/mol. The lowest BCUT2D eigenvalue weighted by atomic mass is 9.94. The smallest absolute Gasteiger partial charge is 0.137 e. The topological polar surface area (TPSA) is 33.9 Å². The molecular weight excluding hydrogens is 286 g/mol. The maximum absolute atomic E-state index is 10.3. The Balaban J connectivity index is 1.50. The SMILES string of the molecule is C[NH+](C[C@@H](O)COc1ccc2ccccc2c1)C1CCCCC1. The highest BCUT2D eigenvalue weighted by atomic mass is 16.5. The van der Waals surface area contributed by atoms with Crippen LogP contribution >= 0.6 is 0 Å². The van der Waals surface area contributed by atoms with Crippen molar-refractivity contribution < 1.29 is 14.7 Å². The number of likely N-dealkylation sites (N-methyl/N-ethyl adjacent to an activating group) is 1. The molecule has 2 aromatic rings. The van der Waals surface area contributed by atoms with Crippen LogP contribution in [-0.2, 0) is 0 Å². The summed E-state index contributed by atoms with van der Waals surface area (Å²) in [6.45, 7) is 1.13. The maximum atomic E-state index is 10.3. The van der Waals surface area contributed by atoms with Crippen LogP contribution in [0.5, 0.6) is 5.75 Å². The molecule has 3 nitrogen and oxygen atoms in total. The van der Waals surface area contributed by atoms with Crippen molar-refractivity contribution in [3.8, 4) is 5.75 Å². The minimum Gasteiger partial charge on any atom is -0.491 e. The number of aliphatic hydroxyl groups is 1. The third kappa shape index (κ3) is 4.46. The van der Waals surface area contributed by atoms with E-state index in [1.54, 1.807) is 0 Å². The summed E-state index contributed by atoms with van der Waals surface area (Å²) in [6, 6.07) is 15.0. The summed E-state index contributed by atoms with van der Waals surface area (Å²) in [5, 5.41) is 12.7. The van der Waals surface area contributed by atoms with Gasteiger partial charge in [0.1, 0.15) is 25.0 Å². The second-order valence-electron chi connectivity index (χ2n) is 6.86. The van der Waals surface area contributed by atoms with E-state index < -0.39 is 6.10 Å². The average Bonchev–Trinajstić information content (AvgIpc) is 2.60. The van der Waals surface area contributed by atoms with Crippen LogP contribution in [0.4, 0.5) is 0 Å². The molecule has 1 aliphatic rings. The van der Waals surface area contributed by atoms with Crippen LogP contribution in [0.25, 0.3) is 10.8 Å². The fourth-order valence-corrected chi connectivity index (χ4v) is 3.64. The summed E-state index contributed by atoms with van der Waals surface area (Å²) in [7, 11) is 2.20.